The van der Waals surface area contributed by atoms with E-state index in [2.05, 4.69) is 83.7 Å². The van der Waals surface area contributed by atoms with E-state index in [1.807, 2.05) is 36.9 Å². The quantitative estimate of drug-likeness (QED) is 0.392. The Morgan fingerprint density at radius 3 is 2.53 bits per heavy atom. The maximum Gasteiger partial charge on any atom is 0.322 e. The van der Waals surface area contributed by atoms with Crippen molar-refractivity contribution in [2.75, 3.05) is 5.32 Å². The Bertz CT molecular complexity index is 1300. The Hall–Kier alpha value is -3.79. The molecule has 0 fully saturated rings. The molecule has 1 aliphatic rings. The number of hydrogen-bond donors (Lipinski definition) is 1. The number of carbonyl (C=O) groups is 1. The number of para-hydroxylation sites is 1. The molecule has 4 aromatic rings. The summed E-state index contributed by atoms with van der Waals surface area (Å²) in [5.74, 6) is 0. The second-order valence-electron chi connectivity index (χ2n) is 8.62. The molecule has 0 saturated heterocycles. The zero-order chi connectivity index (χ0) is 22.2. The highest BCUT2D eigenvalue weighted by Gasteiger charge is 2.33. The topological polar surface area (TPSA) is 37.3 Å². The smallest absolute Gasteiger partial charge is 0.318 e. The molecule has 0 bridgehead atoms. The zero-order valence-electron chi connectivity index (χ0n) is 18.7. The minimum atomic E-state index is -0.206. The van der Waals surface area contributed by atoms with Crippen LogP contribution in [0.15, 0.2) is 85.1 Å². The molecule has 3 aromatic carbocycles. The number of anilines is 1. The van der Waals surface area contributed by atoms with Crippen LogP contribution >= 0.6 is 0 Å². The van der Waals surface area contributed by atoms with Gasteiger partial charge >= 0.3 is 6.03 Å². The second-order valence-corrected chi connectivity index (χ2v) is 8.62. The number of carbonyl (C=O) groups excluding carboxylic acids is 1. The third-order valence-corrected chi connectivity index (χ3v) is 6.22. The number of fused-ring (bicyclic) bond motifs is 3. The van der Waals surface area contributed by atoms with Crippen LogP contribution in [0.25, 0.3) is 5.69 Å². The van der Waals surface area contributed by atoms with Crippen LogP contribution < -0.4 is 5.32 Å². The fourth-order valence-corrected chi connectivity index (χ4v) is 4.59. The Labute approximate surface area is 189 Å². The molecule has 1 aliphatic heterocycles. The van der Waals surface area contributed by atoms with Gasteiger partial charge in [-0.15, -0.1) is 0 Å². The Balaban J connectivity index is 1.65. The van der Waals surface area contributed by atoms with Gasteiger partial charge in [0.25, 0.3) is 0 Å². The standard InChI is InChI=1S/C28H27N3O/c1-19-8-6-10-22(16-19)27-26-12-7-15-30(26)25-11-5-4-9-23(25)18-31(27)28(32)29-24-17-20(2)13-14-21(24)3/h4-17,27H,18H2,1-3H3,(H,29,32). The first-order valence-electron chi connectivity index (χ1n) is 11.0. The van der Waals surface area contributed by atoms with Crippen molar-refractivity contribution in [1.82, 2.24) is 9.47 Å². The number of amides is 2. The molecule has 160 valence electrons. The van der Waals surface area contributed by atoms with Gasteiger partial charge in [0.1, 0.15) is 0 Å². The monoisotopic (exact) mass is 421 g/mol. The number of nitrogens with one attached hydrogen (secondary N) is 1. The average molecular weight is 422 g/mol. The van der Waals surface area contributed by atoms with E-state index in [-0.39, 0.29) is 12.1 Å². The summed E-state index contributed by atoms with van der Waals surface area (Å²) in [7, 11) is 0. The average Bonchev–Trinajstić information content (AvgIpc) is 3.20. The molecular formula is C28H27N3O. The predicted molar refractivity (Wildman–Crippen MR) is 129 cm³/mol. The summed E-state index contributed by atoms with van der Waals surface area (Å²) in [4.78, 5) is 15.8. The Morgan fingerprint density at radius 1 is 0.875 bits per heavy atom. The van der Waals surface area contributed by atoms with Gasteiger partial charge in [0.2, 0.25) is 0 Å². The van der Waals surface area contributed by atoms with Crippen molar-refractivity contribution in [1.29, 1.82) is 0 Å². The fourth-order valence-electron chi connectivity index (χ4n) is 4.59. The highest BCUT2D eigenvalue weighted by Crippen LogP contribution is 2.37. The molecule has 1 N–H and O–H groups in total. The van der Waals surface area contributed by atoms with E-state index >= 15 is 0 Å². The molecular weight excluding hydrogens is 394 g/mol. The van der Waals surface area contributed by atoms with E-state index in [4.69, 9.17) is 0 Å². The van der Waals surface area contributed by atoms with Crippen LogP contribution in [0.3, 0.4) is 0 Å². The number of nitrogens with zero attached hydrogens (tertiary/aromatic N) is 2. The van der Waals surface area contributed by atoms with Gasteiger partial charge in [0, 0.05) is 17.6 Å². The summed E-state index contributed by atoms with van der Waals surface area (Å²) in [5, 5.41) is 3.19. The number of aryl methyl sites for hydroxylation is 3. The lowest BCUT2D eigenvalue weighted by Gasteiger charge is -2.31. The third-order valence-electron chi connectivity index (χ3n) is 6.22. The van der Waals surface area contributed by atoms with E-state index in [0.29, 0.717) is 6.54 Å². The minimum Gasteiger partial charge on any atom is -0.318 e. The molecule has 2 heterocycles. The Morgan fingerprint density at radius 2 is 1.69 bits per heavy atom. The summed E-state index contributed by atoms with van der Waals surface area (Å²) in [6.07, 6.45) is 2.09. The van der Waals surface area contributed by atoms with E-state index in [1.54, 1.807) is 0 Å². The van der Waals surface area contributed by atoms with Crippen LogP contribution in [0.4, 0.5) is 10.5 Å². The van der Waals surface area contributed by atoms with Crippen molar-refractivity contribution in [3.05, 3.63) is 119 Å². The van der Waals surface area contributed by atoms with Crippen LogP contribution in [-0.4, -0.2) is 15.5 Å². The van der Waals surface area contributed by atoms with Crippen LogP contribution in [0.5, 0.6) is 0 Å². The van der Waals surface area contributed by atoms with E-state index in [0.717, 1.165) is 39.3 Å². The molecule has 1 unspecified atom stereocenters. The molecule has 32 heavy (non-hydrogen) atoms. The molecule has 4 heteroatoms. The molecule has 0 saturated carbocycles. The van der Waals surface area contributed by atoms with Gasteiger partial charge in [-0.1, -0.05) is 60.2 Å². The zero-order valence-corrected chi connectivity index (χ0v) is 18.7. The molecule has 1 aromatic heterocycles. The highest BCUT2D eigenvalue weighted by atomic mass is 16.2. The fraction of sp³-hybridized carbons (Fsp3) is 0.179. The van der Waals surface area contributed by atoms with Gasteiger partial charge in [0.05, 0.1) is 18.3 Å². The number of hydrogen-bond acceptors (Lipinski definition) is 1. The van der Waals surface area contributed by atoms with Crippen molar-refractivity contribution >= 4 is 11.7 Å². The normalized spacial score (nSPS) is 15.0. The van der Waals surface area contributed by atoms with Crippen LogP contribution in [0.1, 0.15) is 39.6 Å². The van der Waals surface area contributed by atoms with Gasteiger partial charge in [-0.3, -0.25) is 0 Å². The molecule has 5 rings (SSSR count). The van der Waals surface area contributed by atoms with Crippen LogP contribution in [-0.2, 0) is 6.54 Å². The largest absolute Gasteiger partial charge is 0.322 e. The summed E-state index contributed by atoms with van der Waals surface area (Å²) in [6.45, 7) is 6.68. The third kappa shape index (κ3) is 3.58. The maximum absolute atomic E-state index is 13.8. The Kier molecular flexibility index (Phi) is 5.06. The van der Waals surface area contributed by atoms with Crippen molar-refractivity contribution in [2.45, 2.75) is 33.4 Å². The van der Waals surface area contributed by atoms with E-state index < -0.39 is 0 Å². The molecule has 0 spiro atoms. The lowest BCUT2D eigenvalue weighted by atomic mass is 10.00. The predicted octanol–water partition coefficient (Wildman–Crippen LogP) is 6.54. The number of rotatable bonds is 2. The van der Waals surface area contributed by atoms with Gasteiger partial charge < -0.3 is 14.8 Å². The summed E-state index contributed by atoms with van der Waals surface area (Å²) in [6, 6.07) is 26.8. The second kappa shape index (κ2) is 8.04. The lowest BCUT2D eigenvalue weighted by molar-refractivity contribution is 0.194. The van der Waals surface area contributed by atoms with Crippen LogP contribution in [0, 0.1) is 20.8 Å². The van der Waals surface area contributed by atoms with Gasteiger partial charge in [0.15, 0.2) is 0 Å². The van der Waals surface area contributed by atoms with Gasteiger partial charge in [-0.25, -0.2) is 4.79 Å². The maximum atomic E-state index is 13.8. The summed E-state index contributed by atoms with van der Waals surface area (Å²) in [5.41, 5.74) is 8.63. The summed E-state index contributed by atoms with van der Waals surface area (Å²) < 4.78 is 2.22. The SMILES string of the molecule is Cc1cccc(C2c3cccn3-c3ccccc3CN2C(=O)Nc2cc(C)ccc2C)c1. The van der Waals surface area contributed by atoms with Crippen molar-refractivity contribution in [2.24, 2.45) is 0 Å². The first-order chi connectivity index (χ1) is 15.5. The van der Waals surface area contributed by atoms with Crippen molar-refractivity contribution in [3.63, 3.8) is 0 Å². The minimum absolute atomic E-state index is 0.102. The van der Waals surface area contributed by atoms with Crippen molar-refractivity contribution in [3.8, 4) is 5.69 Å². The van der Waals surface area contributed by atoms with Crippen molar-refractivity contribution < 1.29 is 4.79 Å². The van der Waals surface area contributed by atoms with Gasteiger partial charge in [-0.05, 0) is 67.3 Å². The molecule has 0 radical (unpaired) electrons. The molecule has 1 atom stereocenters. The summed E-state index contributed by atoms with van der Waals surface area (Å²) >= 11 is 0. The first-order valence-corrected chi connectivity index (χ1v) is 11.0. The van der Waals surface area contributed by atoms with Gasteiger partial charge in [-0.2, -0.15) is 0 Å². The van der Waals surface area contributed by atoms with E-state index in [1.165, 1.54) is 5.56 Å². The first kappa shape index (κ1) is 20.1. The number of aromatic nitrogens is 1. The van der Waals surface area contributed by atoms with Crippen LogP contribution in [0.2, 0.25) is 0 Å². The van der Waals surface area contributed by atoms with E-state index in [9.17, 15) is 4.79 Å². The lowest BCUT2D eigenvalue weighted by Crippen LogP contribution is -2.38. The number of urea groups is 1. The molecule has 0 aliphatic carbocycles. The molecule has 4 nitrogen and oxygen atoms in total. The highest BCUT2D eigenvalue weighted by molar-refractivity contribution is 5.91. The molecule has 2 amide bonds. The number of benzene rings is 3.